The van der Waals surface area contributed by atoms with E-state index in [0.717, 1.165) is 13.0 Å². The first-order valence-electron chi connectivity index (χ1n) is 6.89. The average Bonchev–Trinajstić information content (AvgIpc) is 2.46. The normalized spacial score (nSPS) is 12.4. The van der Waals surface area contributed by atoms with Gasteiger partial charge in [0.25, 0.3) is 0 Å². The van der Waals surface area contributed by atoms with Gasteiger partial charge in [-0.25, -0.2) is 8.78 Å². The van der Waals surface area contributed by atoms with Crippen LogP contribution in [0.2, 0.25) is 5.02 Å². The summed E-state index contributed by atoms with van der Waals surface area (Å²) in [5.41, 5.74) is 1.25. The fourth-order valence-corrected chi connectivity index (χ4v) is 2.26. The molecule has 1 aromatic heterocycles. The van der Waals surface area contributed by atoms with Gasteiger partial charge < -0.3 is 5.32 Å². The Morgan fingerprint density at radius 3 is 2.67 bits per heavy atom. The monoisotopic (exact) mass is 310 g/mol. The summed E-state index contributed by atoms with van der Waals surface area (Å²) in [6.07, 6.45) is 2.55. The number of halogens is 3. The fraction of sp³-hybridized carbons (Fsp3) is 0.312. The van der Waals surface area contributed by atoms with Crippen molar-refractivity contribution in [2.75, 3.05) is 6.54 Å². The van der Waals surface area contributed by atoms with E-state index in [4.69, 9.17) is 11.6 Å². The van der Waals surface area contributed by atoms with E-state index in [1.165, 1.54) is 18.3 Å². The molecule has 2 aromatic rings. The molecule has 1 atom stereocenters. The van der Waals surface area contributed by atoms with Crippen LogP contribution in [0, 0.1) is 11.6 Å². The summed E-state index contributed by atoms with van der Waals surface area (Å²) < 4.78 is 26.9. The van der Waals surface area contributed by atoms with Crippen LogP contribution in [0.5, 0.6) is 0 Å². The molecule has 2 nitrogen and oxygen atoms in total. The second-order valence-corrected chi connectivity index (χ2v) is 5.28. The Bertz CT molecular complexity index is 587. The van der Waals surface area contributed by atoms with E-state index in [-0.39, 0.29) is 17.7 Å². The van der Waals surface area contributed by atoms with E-state index >= 15 is 0 Å². The topological polar surface area (TPSA) is 24.9 Å². The van der Waals surface area contributed by atoms with Crippen LogP contribution >= 0.6 is 11.6 Å². The molecule has 21 heavy (non-hydrogen) atoms. The van der Waals surface area contributed by atoms with Crippen LogP contribution in [0.1, 0.15) is 30.6 Å². The van der Waals surface area contributed by atoms with Gasteiger partial charge in [0, 0.05) is 5.02 Å². The van der Waals surface area contributed by atoms with Gasteiger partial charge >= 0.3 is 0 Å². The van der Waals surface area contributed by atoms with E-state index < -0.39 is 0 Å². The average molecular weight is 311 g/mol. The first-order valence-corrected chi connectivity index (χ1v) is 7.26. The summed E-state index contributed by atoms with van der Waals surface area (Å²) in [7, 11) is 0. The van der Waals surface area contributed by atoms with Gasteiger partial charge in [0.1, 0.15) is 11.6 Å². The predicted molar refractivity (Wildman–Crippen MR) is 80.3 cm³/mol. The molecule has 2 rings (SSSR count). The van der Waals surface area contributed by atoms with E-state index in [9.17, 15) is 8.78 Å². The molecule has 0 fully saturated rings. The zero-order valence-electron chi connectivity index (χ0n) is 11.7. The minimum absolute atomic E-state index is 0.166. The third-order valence-corrected chi connectivity index (χ3v) is 3.42. The number of hydrogen-bond donors (Lipinski definition) is 1. The largest absolute Gasteiger partial charge is 0.308 e. The Hall–Kier alpha value is -1.52. The van der Waals surface area contributed by atoms with Gasteiger partial charge in [0.15, 0.2) is 0 Å². The molecule has 0 aliphatic heterocycles. The number of nitrogens with one attached hydrogen (secondary N) is 1. The van der Waals surface area contributed by atoms with Crippen molar-refractivity contribution in [2.24, 2.45) is 0 Å². The molecule has 0 saturated carbocycles. The maximum absolute atomic E-state index is 13.9. The van der Waals surface area contributed by atoms with Crippen molar-refractivity contribution in [3.05, 3.63) is 64.4 Å². The lowest BCUT2D eigenvalue weighted by Crippen LogP contribution is -2.25. The number of nitrogens with zero attached hydrogens (tertiary/aromatic N) is 1. The summed E-state index contributed by atoms with van der Waals surface area (Å²) in [5.74, 6) is -0.724. The maximum atomic E-state index is 13.9. The van der Waals surface area contributed by atoms with E-state index in [1.807, 2.05) is 6.92 Å². The number of pyridine rings is 1. The Labute approximate surface area is 128 Å². The Balaban J connectivity index is 2.21. The van der Waals surface area contributed by atoms with Crippen molar-refractivity contribution in [3.63, 3.8) is 0 Å². The van der Waals surface area contributed by atoms with Gasteiger partial charge in [-0.1, -0.05) is 24.6 Å². The highest BCUT2D eigenvalue weighted by atomic mass is 35.5. The minimum atomic E-state index is -0.384. The van der Waals surface area contributed by atoms with Crippen LogP contribution in [0.25, 0.3) is 0 Å². The third-order valence-electron chi connectivity index (χ3n) is 3.19. The third kappa shape index (κ3) is 4.48. The van der Waals surface area contributed by atoms with Crippen molar-refractivity contribution >= 4 is 11.6 Å². The van der Waals surface area contributed by atoms with Crippen LogP contribution in [0.3, 0.4) is 0 Å². The summed E-state index contributed by atoms with van der Waals surface area (Å²) in [6.45, 7) is 2.82. The lowest BCUT2D eigenvalue weighted by atomic mass is 10.0. The number of hydrogen-bond acceptors (Lipinski definition) is 2. The van der Waals surface area contributed by atoms with Crippen LogP contribution in [0.4, 0.5) is 8.78 Å². The van der Waals surface area contributed by atoms with E-state index in [1.54, 1.807) is 18.2 Å². The molecule has 0 bridgehead atoms. The fourth-order valence-electron chi connectivity index (χ4n) is 2.10. The Kier molecular flexibility index (Phi) is 5.65. The standard InChI is InChI=1S/C16H17ClF2N2/c1-2-7-20-16(15-6-5-13(18)10-21-15)8-11-3-4-12(17)9-14(11)19/h3-6,9-10,16,20H,2,7-8H2,1H3. The molecule has 0 radical (unpaired) electrons. The van der Waals surface area contributed by atoms with Gasteiger partial charge in [-0.15, -0.1) is 0 Å². The van der Waals surface area contributed by atoms with Gasteiger partial charge in [-0.2, -0.15) is 0 Å². The second-order valence-electron chi connectivity index (χ2n) is 4.85. The molecule has 0 saturated heterocycles. The molecular weight excluding hydrogens is 294 g/mol. The summed E-state index contributed by atoms with van der Waals surface area (Å²) in [6, 6.07) is 7.45. The van der Waals surface area contributed by atoms with Crippen LogP contribution in [-0.2, 0) is 6.42 Å². The second kappa shape index (κ2) is 7.48. The zero-order valence-corrected chi connectivity index (χ0v) is 12.5. The smallest absolute Gasteiger partial charge is 0.141 e. The molecule has 1 aromatic carbocycles. The lowest BCUT2D eigenvalue weighted by Gasteiger charge is -2.18. The van der Waals surface area contributed by atoms with Gasteiger partial charge in [0.2, 0.25) is 0 Å². The molecule has 5 heteroatoms. The van der Waals surface area contributed by atoms with Crippen molar-refractivity contribution in [1.29, 1.82) is 0 Å². The molecule has 112 valence electrons. The van der Waals surface area contributed by atoms with Crippen molar-refractivity contribution in [3.8, 4) is 0 Å². The number of benzene rings is 1. The summed E-state index contributed by atoms with van der Waals surface area (Å²) >= 11 is 5.76. The van der Waals surface area contributed by atoms with E-state index in [2.05, 4.69) is 10.3 Å². The molecule has 1 N–H and O–H groups in total. The highest BCUT2D eigenvalue weighted by Gasteiger charge is 2.15. The highest BCUT2D eigenvalue weighted by Crippen LogP contribution is 2.21. The molecular formula is C16H17ClF2N2. The molecule has 1 heterocycles. The molecule has 0 spiro atoms. The first kappa shape index (κ1) is 15.9. The summed E-state index contributed by atoms with van der Waals surface area (Å²) in [4.78, 5) is 4.09. The van der Waals surface area contributed by atoms with Gasteiger partial charge in [-0.05, 0) is 49.2 Å². The Morgan fingerprint density at radius 1 is 1.24 bits per heavy atom. The minimum Gasteiger partial charge on any atom is -0.308 e. The maximum Gasteiger partial charge on any atom is 0.141 e. The molecule has 0 aliphatic rings. The van der Waals surface area contributed by atoms with Gasteiger partial charge in [-0.3, -0.25) is 4.98 Å². The highest BCUT2D eigenvalue weighted by molar-refractivity contribution is 6.30. The summed E-state index contributed by atoms with van der Waals surface area (Å²) in [5, 5.41) is 3.68. The molecule has 0 aliphatic carbocycles. The van der Waals surface area contributed by atoms with Crippen LogP contribution in [0.15, 0.2) is 36.5 Å². The van der Waals surface area contributed by atoms with Crippen molar-refractivity contribution in [2.45, 2.75) is 25.8 Å². The number of aromatic nitrogens is 1. The van der Waals surface area contributed by atoms with Crippen molar-refractivity contribution < 1.29 is 8.78 Å². The SMILES string of the molecule is CCCNC(Cc1ccc(Cl)cc1F)c1ccc(F)cn1. The molecule has 0 amide bonds. The van der Waals surface area contributed by atoms with Gasteiger partial charge in [0.05, 0.1) is 17.9 Å². The predicted octanol–water partition coefficient (Wildman–Crippen LogP) is 4.30. The quantitative estimate of drug-likeness (QED) is 0.860. The van der Waals surface area contributed by atoms with Crippen LogP contribution < -0.4 is 5.32 Å². The lowest BCUT2D eigenvalue weighted by molar-refractivity contribution is 0.501. The van der Waals surface area contributed by atoms with Crippen LogP contribution in [-0.4, -0.2) is 11.5 Å². The van der Waals surface area contributed by atoms with Crippen molar-refractivity contribution in [1.82, 2.24) is 10.3 Å². The Morgan fingerprint density at radius 2 is 2.05 bits per heavy atom. The first-order chi connectivity index (χ1) is 10.1. The van der Waals surface area contributed by atoms with E-state index in [0.29, 0.717) is 22.7 Å². The molecule has 1 unspecified atom stereocenters. The zero-order chi connectivity index (χ0) is 15.2. The number of rotatable bonds is 6.